The SMILES string of the molecule is Cc1ccc(S(=O)(=O)NC[C@@H](O)C2=Cc3ccccc3OC2)cc1. The minimum atomic E-state index is -3.65. The van der Waals surface area contributed by atoms with Crippen LogP contribution in [-0.2, 0) is 10.0 Å². The van der Waals surface area contributed by atoms with Crippen LogP contribution in [0.1, 0.15) is 11.1 Å². The third kappa shape index (κ3) is 3.67. The number of rotatable bonds is 5. The van der Waals surface area contributed by atoms with Crippen molar-refractivity contribution < 1.29 is 18.3 Å². The van der Waals surface area contributed by atoms with Gasteiger partial charge in [-0.2, -0.15) is 0 Å². The molecule has 5 nitrogen and oxygen atoms in total. The van der Waals surface area contributed by atoms with Gasteiger partial charge in [0.15, 0.2) is 0 Å². The van der Waals surface area contributed by atoms with Crippen molar-refractivity contribution in [1.82, 2.24) is 4.72 Å². The van der Waals surface area contributed by atoms with Gasteiger partial charge in [-0.15, -0.1) is 0 Å². The second-order valence-corrected chi connectivity index (χ2v) is 7.49. The molecule has 0 radical (unpaired) electrons. The molecular weight excluding hydrogens is 326 g/mol. The van der Waals surface area contributed by atoms with Crippen LogP contribution in [0.2, 0.25) is 0 Å². The highest BCUT2D eigenvalue weighted by atomic mass is 32.2. The molecule has 0 unspecified atom stereocenters. The highest BCUT2D eigenvalue weighted by molar-refractivity contribution is 7.89. The average Bonchev–Trinajstić information content (AvgIpc) is 2.59. The molecule has 0 aromatic heterocycles. The van der Waals surface area contributed by atoms with Crippen LogP contribution in [0.25, 0.3) is 6.08 Å². The zero-order valence-corrected chi connectivity index (χ0v) is 14.1. The molecule has 126 valence electrons. The van der Waals surface area contributed by atoms with Crippen molar-refractivity contribution in [2.24, 2.45) is 0 Å². The molecule has 1 atom stereocenters. The van der Waals surface area contributed by atoms with E-state index < -0.39 is 16.1 Å². The van der Waals surface area contributed by atoms with Crippen LogP contribution in [0, 0.1) is 6.92 Å². The zero-order chi connectivity index (χ0) is 17.2. The average molecular weight is 345 g/mol. The fourth-order valence-electron chi connectivity index (χ4n) is 2.45. The van der Waals surface area contributed by atoms with E-state index in [4.69, 9.17) is 4.74 Å². The Bertz CT molecular complexity index is 857. The molecule has 0 saturated heterocycles. The smallest absolute Gasteiger partial charge is 0.240 e. The summed E-state index contributed by atoms with van der Waals surface area (Å²) in [7, 11) is -3.65. The first kappa shape index (κ1) is 16.7. The predicted molar refractivity (Wildman–Crippen MR) is 92.3 cm³/mol. The van der Waals surface area contributed by atoms with Crippen molar-refractivity contribution in [1.29, 1.82) is 0 Å². The van der Waals surface area contributed by atoms with Crippen molar-refractivity contribution in [3.63, 3.8) is 0 Å². The van der Waals surface area contributed by atoms with Gasteiger partial charge < -0.3 is 9.84 Å². The van der Waals surface area contributed by atoms with Crippen LogP contribution < -0.4 is 9.46 Å². The number of hydrogen-bond acceptors (Lipinski definition) is 4. The lowest BCUT2D eigenvalue weighted by Crippen LogP contribution is -2.34. The van der Waals surface area contributed by atoms with E-state index in [2.05, 4.69) is 4.72 Å². The van der Waals surface area contributed by atoms with Crippen molar-refractivity contribution >= 4 is 16.1 Å². The number of aliphatic hydroxyl groups is 1. The maximum atomic E-state index is 12.3. The van der Waals surface area contributed by atoms with Crippen LogP contribution in [-0.4, -0.2) is 32.8 Å². The van der Waals surface area contributed by atoms with E-state index >= 15 is 0 Å². The Hall–Kier alpha value is -2.15. The molecule has 3 rings (SSSR count). The Labute approximate surface area is 141 Å². The Kier molecular flexibility index (Phi) is 4.71. The van der Waals surface area contributed by atoms with Gasteiger partial charge in [0.2, 0.25) is 10.0 Å². The fraction of sp³-hybridized carbons (Fsp3) is 0.222. The third-order valence-corrected chi connectivity index (χ3v) is 5.32. The van der Waals surface area contributed by atoms with Gasteiger partial charge in [-0.1, -0.05) is 35.9 Å². The van der Waals surface area contributed by atoms with Crippen molar-refractivity contribution in [3.8, 4) is 5.75 Å². The van der Waals surface area contributed by atoms with Crippen molar-refractivity contribution in [2.45, 2.75) is 17.9 Å². The number of hydrogen-bond donors (Lipinski definition) is 2. The number of fused-ring (bicyclic) bond motifs is 1. The quantitative estimate of drug-likeness (QED) is 0.870. The largest absolute Gasteiger partial charge is 0.489 e. The zero-order valence-electron chi connectivity index (χ0n) is 13.3. The van der Waals surface area contributed by atoms with Crippen LogP contribution in [0.5, 0.6) is 5.75 Å². The molecule has 1 heterocycles. The first-order chi connectivity index (χ1) is 11.5. The van der Waals surface area contributed by atoms with Gasteiger partial charge in [0, 0.05) is 12.1 Å². The summed E-state index contributed by atoms with van der Waals surface area (Å²) in [5.74, 6) is 0.758. The molecule has 2 aromatic rings. The van der Waals surface area contributed by atoms with E-state index in [9.17, 15) is 13.5 Å². The van der Waals surface area contributed by atoms with Crippen LogP contribution in [0.3, 0.4) is 0 Å². The topological polar surface area (TPSA) is 75.6 Å². The van der Waals surface area contributed by atoms with Crippen LogP contribution in [0.15, 0.2) is 59.0 Å². The highest BCUT2D eigenvalue weighted by Gasteiger charge is 2.20. The first-order valence-electron chi connectivity index (χ1n) is 7.62. The Morgan fingerprint density at radius 1 is 1.17 bits per heavy atom. The number of benzene rings is 2. The number of ether oxygens (including phenoxy) is 1. The summed E-state index contributed by atoms with van der Waals surface area (Å²) >= 11 is 0. The summed E-state index contributed by atoms with van der Waals surface area (Å²) < 4.78 is 32.5. The van der Waals surface area contributed by atoms with Gasteiger partial charge >= 0.3 is 0 Å². The normalized spacial score (nSPS) is 15.2. The van der Waals surface area contributed by atoms with E-state index in [1.165, 1.54) is 0 Å². The van der Waals surface area contributed by atoms with Gasteiger partial charge in [0.1, 0.15) is 12.4 Å². The van der Waals surface area contributed by atoms with E-state index in [1.54, 1.807) is 24.3 Å². The molecule has 1 aliphatic rings. The minimum absolute atomic E-state index is 0.104. The Morgan fingerprint density at radius 3 is 2.62 bits per heavy atom. The molecule has 0 spiro atoms. The Balaban J connectivity index is 1.69. The lowest BCUT2D eigenvalue weighted by Gasteiger charge is -2.21. The van der Waals surface area contributed by atoms with Crippen LogP contribution >= 0.6 is 0 Å². The van der Waals surface area contributed by atoms with Gasteiger partial charge in [0.05, 0.1) is 11.0 Å². The van der Waals surface area contributed by atoms with Gasteiger partial charge in [-0.25, -0.2) is 13.1 Å². The van der Waals surface area contributed by atoms with Gasteiger partial charge in [-0.3, -0.25) is 0 Å². The first-order valence-corrected chi connectivity index (χ1v) is 9.11. The molecule has 0 bridgehead atoms. The summed E-state index contributed by atoms with van der Waals surface area (Å²) in [6.45, 7) is 2.03. The molecule has 0 amide bonds. The summed E-state index contributed by atoms with van der Waals surface area (Å²) in [5, 5.41) is 10.3. The second kappa shape index (κ2) is 6.76. The van der Waals surface area contributed by atoms with Gasteiger partial charge in [0.25, 0.3) is 0 Å². The highest BCUT2D eigenvalue weighted by Crippen LogP contribution is 2.26. The molecule has 0 fully saturated rings. The number of sulfonamides is 1. The molecule has 0 saturated carbocycles. The molecule has 6 heteroatoms. The van der Waals surface area contributed by atoms with E-state index in [0.717, 1.165) is 16.9 Å². The van der Waals surface area contributed by atoms with Gasteiger partial charge in [-0.05, 0) is 36.8 Å². The van der Waals surface area contributed by atoms with Crippen molar-refractivity contribution in [3.05, 3.63) is 65.2 Å². The predicted octanol–water partition coefficient (Wildman–Crippen LogP) is 2.11. The second-order valence-electron chi connectivity index (χ2n) is 5.73. The molecule has 24 heavy (non-hydrogen) atoms. The number of aryl methyl sites for hydroxylation is 1. The molecule has 0 aliphatic carbocycles. The molecule has 2 N–H and O–H groups in total. The number of aliphatic hydroxyl groups excluding tert-OH is 1. The van der Waals surface area contributed by atoms with E-state index in [-0.39, 0.29) is 18.0 Å². The van der Waals surface area contributed by atoms with E-state index in [0.29, 0.717) is 5.57 Å². The van der Waals surface area contributed by atoms with E-state index in [1.807, 2.05) is 37.3 Å². The van der Waals surface area contributed by atoms with Crippen LogP contribution in [0.4, 0.5) is 0 Å². The fourth-order valence-corrected chi connectivity index (χ4v) is 3.48. The summed E-state index contributed by atoms with van der Waals surface area (Å²) in [6.07, 6.45) is 0.891. The monoisotopic (exact) mass is 345 g/mol. The number of para-hydroxylation sites is 1. The minimum Gasteiger partial charge on any atom is -0.489 e. The maximum Gasteiger partial charge on any atom is 0.240 e. The number of nitrogens with one attached hydrogen (secondary N) is 1. The summed E-state index contributed by atoms with van der Waals surface area (Å²) in [5.41, 5.74) is 2.50. The maximum absolute atomic E-state index is 12.3. The summed E-state index contributed by atoms with van der Waals surface area (Å²) in [6, 6.07) is 14.1. The molecular formula is C18H19NO4S. The molecule has 2 aromatic carbocycles. The summed E-state index contributed by atoms with van der Waals surface area (Å²) in [4.78, 5) is 0.180. The Morgan fingerprint density at radius 2 is 1.88 bits per heavy atom. The lowest BCUT2D eigenvalue weighted by molar-refractivity contribution is 0.194. The molecule has 1 aliphatic heterocycles. The standard InChI is InChI=1S/C18H19NO4S/c1-13-6-8-16(9-7-13)24(21,22)19-11-17(20)15-10-14-4-2-3-5-18(14)23-12-15/h2-10,17,19-20H,11-12H2,1H3/t17-/m1/s1. The lowest BCUT2D eigenvalue weighted by atomic mass is 10.0. The third-order valence-electron chi connectivity index (χ3n) is 3.88. The van der Waals surface area contributed by atoms with Crippen molar-refractivity contribution in [2.75, 3.05) is 13.2 Å².